The molecular weight excluding hydrogens is 289 g/mol. The lowest BCUT2D eigenvalue weighted by Gasteiger charge is -2.21. The van der Waals surface area contributed by atoms with E-state index in [2.05, 4.69) is 9.97 Å². The first-order valence-electron chi connectivity index (χ1n) is 8.19. The van der Waals surface area contributed by atoms with E-state index in [4.69, 9.17) is 4.98 Å². The van der Waals surface area contributed by atoms with Gasteiger partial charge in [-0.15, -0.1) is 0 Å². The number of pyridine rings is 1. The number of rotatable bonds is 2. The summed E-state index contributed by atoms with van der Waals surface area (Å²) in [7, 11) is 0. The minimum atomic E-state index is -0.235. The molecule has 0 saturated heterocycles. The molecule has 1 saturated carbocycles. The van der Waals surface area contributed by atoms with Gasteiger partial charge in [-0.05, 0) is 49.2 Å². The van der Waals surface area contributed by atoms with E-state index < -0.39 is 0 Å². The Morgan fingerprint density at radius 1 is 0.870 bits per heavy atom. The van der Waals surface area contributed by atoms with Gasteiger partial charge in [0, 0.05) is 11.5 Å². The van der Waals surface area contributed by atoms with Crippen molar-refractivity contribution in [1.82, 2.24) is 15.0 Å². The van der Waals surface area contributed by atoms with Crippen LogP contribution in [0.15, 0.2) is 42.7 Å². The molecule has 2 aromatic heterocycles. The Balaban J connectivity index is 1.81. The van der Waals surface area contributed by atoms with Crippen molar-refractivity contribution < 1.29 is 4.39 Å². The molecule has 116 valence electrons. The zero-order valence-electron chi connectivity index (χ0n) is 12.9. The summed E-state index contributed by atoms with van der Waals surface area (Å²) >= 11 is 0. The topological polar surface area (TPSA) is 38.7 Å². The maximum atomic E-state index is 13.1. The van der Waals surface area contributed by atoms with Crippen molar-refractivity contribution in [2.45, 2.75) is 38.0 Å². The Hall–Kier alpha value is -2.36. The number of hydrogen-bond donors (Lipinski definition) is 0. The third-order valence-corrected chi connectivity index (χ3v) is 4.64. The summed E-state index contributed by atoms with van der Waals surface area (Å²) in [5.74, 6) is 0.242. The van der Waals surface area contributed by atoms with E-state index in [1.807, 2.05) is 12.1 Å². The lowest BCUT2D eigenvalue weighted by molar-refractivity contribution is 0.438. The first kappa shape index (κ1) is 14.2. The molecular formula is C19H18FN3. The van der Waals surface area contributed by atoms with Gasteiger partial charge in [-0.3, -0.25) is 0 Å². The average Bonchev–Trinajstić information content (AvgIpc) is 2.62. The highest BCUT2D eigenvalue weighted by molar-refractivity contribution is 5.80. The molecule has 3 nitrogen and oxygen atoms in total. The van der Waals surface area contributed by atoms with E-state index in [0.717, 1.165) is 28.0 Å². The van der Waals surface area contributed by atoms with Gasteiger partial charge in [-0.25, -0.2) is 19.3 Å². The molecule has 2 heterocycles. The van der Waals surface area contributed by atoms with Gasteiger partial charge in [0.1, 0.15) is 17.7 Å². The van der Waals surface area contributed by atoms with E-state index in [1.54, 1.807) is 18.5 Å². The van der Waals surface area contributed by atoms with Crippen LogP contribution in [-0.2, 0) is 0 Å². The minimum Gasteiger partial charge on any atom is -0.244 e. The number of benzene rings is 1. The fraction of sp³-hybridized carbons (Fsp3) is 0.316. The summed E-state index contributed by atoms with van der Waals surface area (Å²) in [6, 6.07) is 10.4. The number of aromatic nitrogens is 3. The third kappa shape index (κ3) is 2.81. The molecule has 0 N–H and O–H groups in total. The Morgan fingerprint density at radius 2 is 1.65 bits per heavy atom. The SMILES string of the molecule is Fc1ccc(-c2ccc3ncnc(C4CCCCC4)c3n2)cc1. The van der Waals surface area contributed by atoms with Crippen LogP contribution in [-0.4, -0.2) is 15.0 Å². The second-order valence-electron chi connectivity index (χ2n) is 6.16. The first-order chi connectivity index (χ1) is 11.3. The summed E-state index contributed by atoms with van der Waals surface area (Å²) in [5.41, 5.74) is 4.59. The van der Waals surface area contributed by atoms with Gasteiger partial charge >= 0.3 is 0 Å². The van der Waals surface area contributed by atoms with Gasteiger partial charge < -0.3 is 0 Å². The van der Waals surface area contributed by atoms with Crippen LogP contribution in [0, 0.1) is 5.82 Å². The molecule has 0 radical (unpaired) electrons. The summed E-state index contributed by atoms with van der Waals surface area (Å²) in [4.78, 5) is 13.7. The largest absolute Gasteiger partial charge is 0.244 e. The quantitative estimate of drug-likeness (QED) is 0.677. The van der Waals surface area contributed by atoms with Gasteiger partial charge in [0.15, 0.2) is 0 Å². The summed E-state index contributed by atoms with van der Waals surface area (Å²) in [6.45, 7) is 0. The molecule has 1 aliphatic carbocycles. The van der Waals surface area contributed by atoms with Crippen LogP contribution >= 0.6 is 0 Å². The van der Waals surface area contributed by atoms with E-state index in [1.165, 1.54) is 44.2 Å². The van der Waals surface area contributed by atoms with Crippen LogP contribution in [0.5, 0.6) is 0 Å². The molecule has 0 amide bonds. The molecule has 1 fully saturated rings. The highest BCUT2D eigenvalue weighted by Crippen LogP contribution is 2.34. The van der Waals surface area contributed by atoms with Gasteiger partial charge in [-0.2, -0.15) is 0 Å². The van der Waals surface area contributed by atoms with E-state index in [9.17, 15) is 4.39 Å². The molecule has 0 spiro atoms. The fourth-order valence-electron chi connectivity index (χ4n) is 3.42. The van der Waals surface area contributed by atoms with Crippen LogP contribution in [0.4, 0.5) is 4.39 Å². The maximum absolute atomic E-state index is 13.1. The van der Waals surface area contributed by atoms with Crippen molar-refractivity contribution in [3.05, 3.63) is 54.2 Å². The molecule has 23 heavy (non-hydrogen) atoms. The van der Waals surface area contributed by atoms with Crippen molar-refractivity contribution in [3.8, 4) is 11.3 Å². The minimum absolute atomic E-state index is 0.235. The molecule has 3 aromatic rings. The molecule has 0 aliphatic heterocycles. The third-order valence-electron chi connectivity index (χ3n) is 4.64. The number of hydrogen-bond acceptors (Lipinski definition) is 3. The number of fused-ring (bicyclic) bond motifs is 1. The summed E-state index contributed by atoms with van der Waals surface area (Å²) in [5, 5.41) is 0. The number of halogens is 1. The standard InChI is InChI=1S/C19H18FN3/c20-15-8-6-13(7-9-15)16-10-11-17-19(23-16)18(22-12-21-17)14-4-2-1-3-5-14/h6-12,14H,1-5H2. The zero-order valence-corrected chi connectivity index (χ0v) is 12.9. The number of nitrogens with zero attached hydrogens (tertiary/aromatic N) is 3. The van der Waals surface area contributed by atoms with Gasteiger partial charge in [0.25, 0.3) is 0 Å². The Labute approximate surface area is 134 Å². The second-order valence-corrected chi connectivity index (χ2v) is 6.16. The van der Waals surface area contributed by atoms with Crippen molar-refractivity contribution in [2.75, 3.05) is 0 Å². The van der Waals surface area contributed by atoms with Crippen LogP contribution in [0.1, 0.15) is 43.7 Å². The summed E-state index contributed by atoms with van der Waals surface area (Å²) in [6.07, 6.45) is 7.82. The van der Waals surface area contributed by atoms with Gasteiger partial charge in [-0.1, -0.05) is 19.3 Å². The van der Waals surface area contributed by atoms with E-state index >= 15 is 0 Å². The predicted molar refractivity (Wildman–Crippen MR) is 88.6 cm³/mol. The average molecular weight is 307 g/mol. The van der Waals surface area contributed by atoms with Crippen LogP contribution < -0.4 is 0 Å². The Kier molecular flexibility index (Phi) is 3.74. The Morgan fingerprint density at radius 3 is 2.43 bits per heavy atom. The molecule has 0 unspecified atom stereocenters. The van der Waals surface area contributed by atoms with Gasteiger partial charge in [0.05, 0.1) is 16.9 Å². The molecule has 1 aromatic carbocycles. The first-order valence-corrected chi connectivity index (χ1v) is 8.19. The van der Waals surface area contributed by atoms with Gasteiger partial charge in [0.2, 0.25) is 0 Å². The predicted octanol–water partition coefficient (Wildman–Crippen LogP) is 4.88. The van der Waals surface area contributed by atoms with Crippen molar-refractivity contribution in [2.24, 2.45) is 0 Å². The van der Waals surface area contributed by atoms with Crippen LogP contribution in [0.2, 0.25) is 0 Å². The smallest absolute Gasteiger partial charge is 0.123 e. The molecule has 1 aliphatic rings. The lowest BCUT2D eigenvalue weighted by Crippen LogP contribution is -2.08. The maximum Gasteiger partial charge on any atom is 0.123 e. The summed E-state index contributed by atoms with van der Waals surface area (Å²) < 4.78 is 13.1. The monoisotopic (exact) mass is 307 g/mol. The highest BCUT2D eigenvalue weighted by Gasteiger charge is 2.20. The highest BCUT2D eigenvalue weighted by atomic mass is 19.1. The fourth-order valence-corrected chi connectivity index (χ4v) is 3.42. The van der Waals surface area contributed by atoms with Crippen LogP contribution in [0.25, 0.3) is 22.3 Å². The normalized spacial score (nSPS) is 15.9. The van der Waals surface area contributed by atoms with Crippen molar-refractivity contribution in [1.29, 1.82) is 0 Å². The molecule has 0 bridgehead atoms. The van der Waals surface area contributed by atoms with E-state index in [-0.39, 0.29) is 5.82 Å². The molecule has 4 heteroatoms. The van der Waals surface area contributed by atoms with Crippen LogP contribution in [0.3, 0.4) is 0 Å². The molecule has 4 rings (SSSR count). The van der Waals surface area contributed by atoms with E-state index in [0.29, 0.717) is 5.92 Å². The van der Waals surface area contributed by atoms with Crippen molar-refractivity contribution in [3.63, 3.8) is 0 Å². The Bertz CT molecular complexity index is 824. The van der Waals surface area contributed by atoms with Crippen molar-refractivity contribution >= 4 is 11.0 Å². The zero-order chi connectivity index (χ0) is 15.6. The molecule has 0 atom stereocenters. The second kappa shape index (κ2) is 6.03. The lowest BCUT2D eigenvalue weighted by atomic mass is 9.86.